The molecule has 16 bridgehead atoms. The molecule has 17 rings (SSSR count). The molecule has 2 radical (unpaired) electrons. The fraction of sp³-hybridized carbons (Fsp3) is 0. The van der Waals surface area contributed by atoms with E-state index in [2.05, 4.69) is 32.1 Å². The molecule has 0 saturated carbocycles. The number of aromatic amines is 4. The van der Waals surface area contributed by atoms with Crippen molar-refractivity contribution >= 4 is 88.3 Å². The fourth-order valence-corrected chi connectivity index (χ4v) is 10.8. The molecule has 0 spiro atoms. The van der Waals surface area contributed by atoms with Gasteiger partial charge in [-0.25, -0.2) is 59.8 Å². The first-order chi connectivity index (χ1) is 36.6. The molecule has 4 aliphatic heterocycles. The molecule has 76 heavy (non-hydrogen) atoms. The maximum atomic E-state index is 5.34. The fourth-order valence-electron chi connectivity index (χ4n) is 10.8. The molecule has 13 aromatic rings. The van der Waals surface area contributed by atoms with E-state index in [1.165, 1.54) is 0 Å². The summed E-state index contributed by atoms with van der Waals surface area (Å²) in [6.07, 6.45) is 0. The smallest absolute Gasteiger partial charge is 0.324 e. The summed E-state index contributed by atoms with van der Waals surface area (Å²) < 4.78 is 0. The predicted octanol–water partition coefficient (Wildman–Crippen LogP) is 12.0. The minimum Gasteiger partial charge on any atom is -0.324 e. The number of rotatable bonds is 0. The second kappa shape index (κ2) is 16.4. The van der Waals surface area contributed by atoms with E-state index in [4.69, 9.17) is 59.8 Å². The molecule has 0 amide bonds. The van der Waals surface area contributed by atoms with Crippen LogP contribution in [0.3, 0.4) is 0 Å². The summed E-state index contributed by atoms with van der Waals surface area (Å²) in [5, 5.41) is 6.69. The Morgan fingerprint density at radius 1 is 0.184 bits per heavy atom. The number of nitrogens with one attached hydrogen (secondary N) is 4. The summed E-state index contributed by atoms with van der Waals surface area (Å²) in [6.45, 7) is 0. The first-order valence-corrected chi connectivity index (χ1v) is 24.0. The van der Waals surface area contributed by atoms with Crippen LogP contribution in [-0.4, -0.2) is 79.7 Å². The van der Waals surface area contributed by atoms with Gasteiger partial charge in [-0.05, 0) is 12.1 Å². The van der Waals surface area contributed by atoms with Gasteiger partial charge in [0.05, 0.1) is 0 Å². The van der Waals surface area contributed by atoms with Crippen molar-refractivity contribution in [2.75, 3.05) is 0 Å². The van der Waals surface area contributed by atoms with Crippen molar-refractivity contribution in [3.05, 3.63) is 158 Å². The molecule has 360 valence electrons. The van der Waals surface area contributed by atoms with Crippen LogP contribution in [0, 0.1) is 0 Å². The van der Waals surface area contributed by atoms with Crippen LogP contribution in [-0.2, 0) is 34.1 Å². The van der Waals surface area contributed by atoms with E-state index < -0.39 is 0 Å². The van der Waals surface area contributed by atoms with Gasteiger partial charge < -0.3 is 19.9 Å². The topological polar surface area (TPSA) is 218 Å². The van der Waals surface area contributed by atoms with Gasteiger partial charge in [0, 0.05) is 87.6 Å². The molecule has 10 heterocycles. The molecule has 0 atom stereocenters. The van der Waals surface area contributed by atoms with E-state index in [9.17, 15) is 0 Å². The van der Waals surface area contributed by atoms with Crippen LogP contribution < -0.4 is 0 Å². The average Bonchev–Trinajstić information content (AvgIpc) is 4.37. The Balaban J connectivity index is 0.00000253. The van der Waals surface area contributed by atoms with Gasteiger partial charge in [-0.3, -0.25) is 0 Å². The standard InChI is InChI=1S/C58H30N16.2Cu/c1-2-14-28-27(13-1)43-59-44(28)62-48-32-18-6-10-22-36(32)52(66-48)70-56-40-26-42-41(25-39(40)55(73-56)69-51-35-21-9-5-17-31(35)47(61-43)65-51)57-71-53-37-23-11-7-19-33(37)49(67-53)63-45-29-15-3-4-16-30(29)46(60-45)64-50-34-20-8-12-24-38(34)54(68-50)72-58(42)74-57;;/h1-26H,(H2,59,61,62,65,66,69,70,73)(H2,60,63,64,67,68,71,72,74);;/q;2*+2. The van der Waals surface area contributed by atoms with Crippen molar-refractivity contribution in [2.45, 2.75) is 0 Å². The van der Waals surface area contributed by atoms with Gasteiger partial charge in [0.15, 0.2) is 46.6 Å². The zero-order valence-corrected chi connectivity index (χ0v) is 40.9. The summed E-state index contributed by atoms with van der Waals surface area (Å²) in [4.78, 5) is 76.8. The summed E-state index contributed by atoms with van der Waals surface area (Å²) in [7, 11) is 0. The number of nitrogens with zero attached hydrogens (tertiary/aromatic N) is 12. The van der Waals surface area contributed by atoms with Crippen molar-refractivity contribution in [1.82, 2.24) is 79.7 Å². The molecule has 0 saturated heterocycles. The molecule has 0 fully saturated rings. The summed E-state index contributed by atoms with van der Waals surface area (Å²) in [6, 6.07) is 52.3. The quantitative estimate of drug-likeness (QED) is 0.104. The van der Waals surface area contributed by atoms with Crippen LogP contribution in [0.5, 0.6) is 0 Å². The van der Waals surface area contributed by atoms with Gasteiger partial charge in [-0.15, -0.1) is 0 Å². The van der Waals surface area contributed by atoms with Gasteiger partial charge in [0.25, 0.3) is 0 Å². The first-order valence-electron chi connectivity index (χ1n) is 24.0. The summed E-state index contributed by atoms with van der Waals surface area (Å²) in [5.41, 5.74) is 11.4. The van der Waals surface area contributed by atoms with E-state index in [0.29, 0.717) is 91.8 Å². The van der Waals surface area contributed by atoms with Crippen LogP contribution in [0.2, 0.25) is 0 Å². The average molecular weight is 1080 g/mol. The number of H-pyrrole nitrogens is 4. The third-order valence-corrected chi connectivity index (χ3v) is 14.2. The van der Waals surface area contributed by atoms with Crippen LogP contribution in [0.4, 0.5) is 0 Å². The van der Waals surface area contributed by atoms with Crippen LogP contribution in [0.1, 0.15) is 0 Å². The SMILES string of the molecule is [Cu+2].[Cu+2].c1ccc2c(c1)-c1nc-2nc2[nH]c(nc3nc(nc4[nH]c(n1)c1ccccc41)-c1ccccc1-3)c1cc3c4nc5nc(nc6[nH]c(nc7nc(nc([nH]4)c3cc21)-c1ccccc1-7)c1ccccc61)-c1ccccc1-5. The van der Waals surface area contributed by atoms with E-state index in [1.807, 2.05) is 146 Å². The minimum atomic E-state index is 0. The largest absolute Gasteiger partial charge is 2.00 e. The summed E-state index contributed by atoms with van der Waals surface area (Å²) in [5.74, 6) is 4.07. The van der Waals surface area contributed by atoms with E-state index >= 15 is 0 Å². The van der Waals surface area contributed by atoms with Gasteiger partial charge in [0.2, 0.25) is 0 Å². The monoisotopic (exact) mass is 1080 g/mol. The molecular weight excluding hydrogens is 1050 g/mol. The molecule has 18 heteroatoms. The normalized spacial score (nSPS) is 12.0. The second-order valence-corrected chi connectivity index (χ2v) is 18.4. The van der Waals surface area contributed by atoms with Gasteiger partial charge >= 0.3 is 34.1 Å². The van der Waals surface area contributed by atoms with Gasteiger partial charge in [0.1, 0.15) is 45.2 Å². The van der Waals surface area contributed by atoms with E-state index in [0.717, 1.165) is 87.6 Å². The minimum absolute atomic E-state index is 0. The van der Waals surface area contributed by atoms with E-state index in [1.54, 1.807) is 0 Å². The Morgan fingerprint density at radius 2 is 0.342 bits per heavy atom. The van der Waals surface area contributed by atoms with Crippen molar-refractivity contribution in [3.63, 3.8) is 0 Å². The number of hydrogen-bond acceptors (Lipinski definition) is 12. The zero-order valence-electron chi connectivity index (χ0n) is 39.0. The number of aromatic nitrogens is 16. The van der Waals surface area contributed by atoms with Gasteiger partial charge in [-0.1, -0.05) is 146 Å². The van der Waals surface area contributed by atoms with Crippen LogP contribution in [0.25, 0.3) is 179 Å². The molecule has 6 aromatic heterocycles. The van der Waals surface area contributed by atoms with Crippen molar-refractivity contribution in [1.29, 1.82) is 0 Å². The molecule has 4 aliphatic rings. The molecule has 0 unspecified atom stereocenters. The Hall–Kier alpha value is -9.70. The number of fused-ring (bicyclic) bond motifs is 40. The predicted molar refractivity (Wildman–Crippen MR) is 286 cm³/mol. The van der Waals surface area contributed by atoms with Crippen molar-refractivity contribution in [2.24, 2.45) is 0 Å². The maximum Gasteiger partial charge on any atom is 2.00 e. The molecule has 16 nitrogen and oxygen atoms in total. The number of benzene rings is 7. The van der Waals surface area contributed by atoms with E-state index in [-0.39, 0.29) is 34.1 Å². The second-order valence-electron chi connectivity index (χ2n) is 18.4. The third-order valence-electron chi connectivity index (χ3n) is 14.2. The first kappa shape index (κ1) is 43.8. The number of hydrogen-bond donors (Lipinski definition) is 4. The zero-order chi connectivity index (χ0) is 48.2. The van der Waals surface area contributed by atoms with Crippen molar-refractivity contribution < 1.29 is 34.1 Å². The van der Waals surface area contributed by atoms with Crippen molar-refractivity contribution in [3.8, 4) is 91.1 Å². The van der Waals surface area contributed by atoms with Crippen LogP contribution >= 0.6 is 0 Å². The molecule has 0 aliphatic carbocycles. The third kappa shape index (κ3) is 6.42. The molecular formula is C58H30Cu2N16+4. The Morgan fingerprint density at radius 3 is 0.526 bits per heavy atom. The Labute approximate surface area is 448 Å². The maximum absolute atomic E-state index is 5.34. The molecule has 7 aromatic carbocycles. The van der Waals surface area contributed by atoms with Crippen LogP contribution in [0.15, 0.2) is 158 Å². The Bertz CT molecular complexity index is 4460. The van der Waals surface area contributed by atoms with Gasteiger partial charge in [-0.2, -0.15) is 0 Å². The summed E-state index contributed by atoms with van der Waals surface area (Å²) >= 11 is 0. The Kier molecular flexibility index (Phi) is 9.46. The molecule has 4 N–H and O–H groups in total.